The number of piperazine rings is 1. The highest BCUT2D eigenvalue weighted by molar-refractivity contribution is 5.95. The van der Waals surface area contributed by atoms with Gasteiger partial charge in [-0.2, -0.15) is 0 Å². The van der Waals surface area contributed by atoms with Crippen LogP contribution in [0.1, 0.15) is 33.9 Å². The molecule has 1 atom stereocenters. The Morgan fingerprint density at radius 2 is 1.45 bits per heavy atom. The molecule has 0 saturated carbocycles. The molecule has 192 valence electrons. The lowest BCUT2D eigenvalue weighted by atomic mass is 9.93. The van der Waals surface area contributed by atoms with E-state index in [1.54, 1.807) is 19.4 Å². The normalized spacial score (nSPS) is 15.8. The second-order valence-corrected chi connectivity index (χ2v) is 9.57. The van der Waals surface area contributed by atoms with Crippen LogP contribution in [0.15, 0.2) is 109 Å². The summed E-state index contributed by atoms with van der Waals surface area (Å²) in [7, 11) is 1.66. The Labute approximate surface area is 223 Å². The summed E-state index contributed by atoms with van der Waals surface area (Å²) in [6.45, 7) is 1.67. The van der Waals surface area contributed by atoms with Gasteiger partial charge in [0, 0.05) is 57.1 Å². The first-order valence-electron chi connectivity index (χ1n) is 13.0. The van der Waals surface area contributed by atoms with Crippen molar-refractivity contribution in [2.24, 2.45) is 0 Å². The van der Waals surface area contributed by atoms with Crippen molar-refractivity contribution in [3.63, 3.8) is 0 Å². The molecular formula is C32H32N4O2. The van der Waals surface area contributed by atoms with Crippen LogP contribution in [-0.4, -0.2) is 59.3 Å². The molecule has 0 spiro atoms. The molecule has 0 bridgehead atoms. The average Bonchev–Trinajstić information content (AvgIpc) is 2.99. The lowest BCUT2D eigenvalue weighted by Gasteiger charge is -2.45. The van der Waals surface area contributed by atoms with E-state index in [0.717, 1.165) is 11.1 Å². The summed E-state index contributed by atoms with van der Waals surface area (Å²) < 4.78 is 0. The predicted octanol–water partition coefficient (Wildman–Crippen LogP) is 4.80. The fourth-order valence-corrected chi connectivity index (χ4v) is 5.27. The van der Waals surface area contributed by atoms with Crippen molar-refractivity contribution in [2.75, 3.05) is 26.7 Å². The van der Waals surface area contributed by atoms with Crippen molar-refractivity contribution in [3.8, 4) is 11.1 Å². The Kier molecular flexibility index (Phi) is 7.90. The fraction of sp³-hybridized carbons (Fsp3) is 0.219. The molecule has 3 aromatic carbocycles. The number of aromatic nitrogens is 1. The van der Waals surface area contributed by atoms with E-state index in [1.165, 1.54) is 11.1 Å². The van der Waals surface area contributed by atoms with Crippen molar-refractivity contribution < 1.29 is 9.59 Å². The highest BCUT2D eigenvalue weighted by Gasteiger charge is 2.36. The zero-order chi connectivity index (χ0) is 26.3. The summed E-state index contributed by atoms with van der Waals surface area (Å²) in [6, 6.07) is 32.4. The molecule has 5 rings (SSSR count). The lowest BCUT2D eigenvalue weighted by Crippen LogP contribution is -2.56. The molecule has 0 aliphatic carbocycles. The number of rotatable bonds is 7. The molecule has 2 amide bonds. The zero-order valence-corrected chi connectivity index (χ0v) is 21.5. The van der Waals surface area contributed by atoms with Crippen LogP contribution in [0.4, 0.5) is 0 Å². The van der Waals surface area contributed by atoms with Gasteiger partial charge < -0.3 is 10.2 Å². The molecule has 2 heterocycles. The molecule has 1 N–H and O–H groups in total. The van der Waals surface area contributed by atoms with Gasteiger partial charge in [0.2, 0.25) is 5.91 Å². The first-order valence-corrected chi connectivity index (χ1v) is 13.0. The molecule has 1 aromatic heterocycles. The summed E-state index contributed by atoms with van der Waals surface area (Å²) in [5.74, 6) is -0.102. The number of hydrogen-bond donors (Lipinski definition) is 1. The third kappa shape index (κ3) is 5.66. The van der Waals surface area contributed by atoms with Crippen LogP contribution < -0.4 is 5.32 Å². The van der Waals surface area contributed by atoms with Crippen molar-refractivity contribution in [1.29, 1.82) is 0 Å². The second kappa shape index (κ2) is 11.8. The van der Waals surface area contributed by atoms with E-state index in [2.05, 4.69) is 39.5 Å². The van der Waals surface area contributed by atoms with E-state index >= 15 is 0 Å². The van der Waals surface area contributed by atoms with Crippen LogP contribution >= 0.6 is 0 Å². The topological polar surface area (TPSA) is 65.5 Å². The van der Waals surface area contributed by atoms with Crippen molar-refractivity contribution in [2.45, 2.75) is 18.5 Å². The van der Waals surface area contributed by atoms with Crippen LogP contribution in [0.5, 0.6) is 0 Å². The van der Waals surface area contributed by atoms with Crippen LogP contribution in [0.2, 0.25) is 0 Å². The summed E-state index contributed by atoms with van der Waals surface area (Å²) in [5, 5.41) is 2.77. The predicted molar refractivity (Wildman–Crippen MR) is 149 cm³/mol. The Morgan fingerprint density at radius 1 is 0.842 bits per heavy atom. The second-order valence-electron chi connectivity index (χ2n) is 9.57. The molecule has 1 saturated heterocycles. The largest absolute Gasteiger partial charge is 0.359 e. The first kappa shape index (κ1) is 25.4. The number of carbonyl (C=O) groups is 2. The van der Waals surface area contributed by atoms with Crippen LogP contribution in [0.25, 0.3) is 11.1 Å². The summed E-state index contributed by atoms with van der Waals surface area (Å²) in [6.07, 6.45) is 3.72. The van der Waals surface area contributed by atoms with Gasteiger partial charge in [0.1, 0.15) is 0 Å². The number of nitrogens with zero attached hydrogens (tertiary/aromatic N) is 3. The maximum Gasteiger partial charge on any atom is 0.255 e. The Balaban J connectivity index is 1.44. The van der Waals surface area contributed by atoms with Crippen LogP contribution in [-0.2, 0) is 4.79 Å². The minimum absolute atomic E-state index is 0.0209. The smallest absolute Gasteiger partial charge is 0.255 e. The number of pyridine rings is 1. The van der Waals surface area contributed by atoms with Gasteiger partial charge in [-0.1, -0.05) is 91.0 Å². The quantitative estimate of drug-likeness (QED) is 0.393. The minimum Gasteiger partial charge on any atom is -0.359 e. The zero-order valence-electron chi connectivity index (χ0n) is 21.5. The van der Waals surface area contributed by atoms with Crippen LogP contribution in [0.3, 0.4) is 0 Å². The summed E-state index contributed by atoms with van der Waals surface area (Å²) >= 11 is 0. The Hall–Kier alpha value is -4.29. The summed E-state index contributed by atoms with van der Waals surface area (Å²) in [5.41, 5.74) is 4.82. The van der Waals surface area contributed by atoms with E-state index in [-0.39, 0.29) is 23.9 Å². The highest BCUT2D eigenvalue weighted by atomic mass is 16.2. The third-order valence-electron chi connectivity index (χ3n) is 7.17. The summed E-state index contributed by atoms with van der Waals surface area (Å²) in [4.78, 5) is 34.9. The van der Waals surface area contributed by atoms with Gasteiger partial charge in [0.15, 0.2) is 0 Å². The SMILES string of the molecule is CNC(=O)C[C@@H]1CN(C(=O)c2cncc(-c3ccccc3)c2)CCN1C(c1ccccc1)c1ccccc1. The number of carbonyl (C=O) groups excluding carboxylic acids is 2. The molecule has 1 aliphatic rings. The van der Waals surface area contributed by atoms with Crippen LogP contribution in [0, 0.1) is 0 Å². The molecular weight excluding hydrogens is 472 g/mol. The molecule has 0 unspecified atom stereocenters. The van der Waals surface area contributed by atoms with E-state index < -0.39 is 0 Å². The number of benzene rings is 3. The van der Waals surface area contributed by atoms with Gasteiger partial charge in [-0.25, -0.2) is 0 Å². The molecule has 0 radical (unpaired) electrons. The minimum atomic E-state index is -0.150. The van der Waals surface area contributed by atoms with Gasteiger partial charge in [-0.3, -0.25) is 19.5 Å². The van der Waals surface area contributed by atoms with Gasteiger partial charge in [-0.05, 0) is 22.8 Å². The molecule has 38 heavy (non-hydrogen) atoms. The van der Waals surface area contributed by atoms with Gasteiger partial charge in [0.05, 0.1) is 11.6 Å². The van der Waals surface area contributed by atoms with Crippen molar-refractivity contribution in [1.82, 2.24) is 20.1 Å². The molecule has 6 nitrogen and oxygen atoms in total. The van der Waals surface area contributed by atoms with Crippen molar-refractivity contribution >= 4 is 11.8 Å². The Morgan fingerprint density at radius 3 is 2.05 bits per heavy atom. The maximum absolute atomic E-state index is 13.7. The molecule has 1 aliphatic heterocycles. The van der Waals surface area contributed by atoms with Crippen molar-refractivity contribution in [3.05, 3.63) is 126 Å². The van der Waals surface area contributed by atoms with Gasteiger partial charge >= 0.3 is 0 Å². The standard InChI is InChI=1S/C32H32N4O2/c1-33-30(37)20-29-23-35(32(38)28-19-27(21-34-22-28)24-11-5-2-6-12-24)17-18-36(29)31(25-13-7-3-8-14-25)26-15-9-4-10-16-26/h2-16,19,21-22,29,31H,17-18,20,23H2,1H3,(H,33,37)/t29-/m1/s1. The average molecular weight is 505 g/mol. The lowest BCUT2D eigenvalue weighted by molar-refractivity contribution is -0.122. The number of amides is 2. The number of nitrogens with one attached hydrogen (secondary N) is 1. The molecule has 1 fully saturated rings. The first-order chi connectivity index (χ1) is 18.6. The monoisotopic (exact) mass is 504 g/mol. The maximum atomic E-state index is 13.7. The molecule has 6 heteroatoms. The fourth-order valence-electron chi connectivity index (χ4n) is 5.27. The third-order valence-corrected chi connectivity index (χ3v) is 7.17. The van der Waals surface area contributed by atoms with E-state index in [1.807, 2.05) is 77.7 Å². The van der Waals surface area contributed by atoms with Gasteiger partial charge in [-0.15, -0.1) is 0 Å². The Bertz CT molecular complexity index is 1320. The van der Waals surface area contributed by atoms with Gasteiger partial charge in [0.25, 0.3) is 5.91 Å². The van der Waals surface area contributed by atoms with E-state index in [9.17, 15) is 9.59 Å². The van der Waals surface area contributed by atoms with E-state index in [4.69, 9.17) is 0 Å². The number of hydrogen-bond acceptors (Lipinski definition) is 4. The highest BCUT2D eigenvalue weighted by Crippen LogP contribution is 2.33. The van der Waals surface area contributed by atoms with E-state index in [0.29, 0.717) is 31.6 Å². The molecule has 4 aromatic rings.